The Balaban J connectivity index is 2.44. The predicted octanol–water partition coefficient (Wildman–Crippen LogP) is 2.97. The predicted molar refractivity (Wildman–Crippen MR) is 72.8 cm³/mol. The Morgan fingerprint density at radius 1 is 1.05 bits per heavy atom. The lowest BCUT2D eigenvalue weighted by Gasteiger charge is -2.09. The van der Waals surface area contributed by atoms with E-state index in [2.05, 4.69) is 4.98 Å². The number of rotatable bonds is 4. The number of benzene rings is 1. The summed E-state index contributed by atoms with van der Waals surface area (Å²) in [5.41, 5.74) is 2.41. The molecule has 1 aromatic carbocycles. The molecule has 0 unspecified atom stereocenters. The smallest absolute Gasteiger partial charge is 0.212 e. The second kappa shape index (κ2) is 5.52. The number of nitrogens with zero attached hydrogens (tertiary/aromatic N) is 1. The maximum absolute atomic E-state index is 11.6. The molecule has 0 N–H and O–H groups in total. The first kappa shape index (κ1) is 13.1. The molecule has 4 heteroatoms. The van der Waals surface area contributed by atoms with E-state index >= 15 is 0 Å². The monoisotopic (exact) mass is 257 g/mol. The number of carbonyl (C=O) groups excluding carboxylic acids is 1. The van der Waals surface area contributed by atoms with Gasteiger partial charge in [-0.05, 0) is 30.7 Å². The summed E-state index contributed by atoms with van der Waals surface area (Å²) >= 11 is 0. The molecule has 0 aliphatic carbocycles. The number of carbonyl (C=O) groups is 1. The molecule has 0 saturated heterocycles. The Morgan fingerprint density at radius 2 is 1.79 bits per heavy atom. The highest BCUT2D eigenvalue weighted by molar-refractivity contribution is 5.98. The molecule has 4 nitrogen and oxygen atoms in total. The summed E-state index contributed by atoms with van der Waals surface area (Å²) < 4.78 is 10.2. The third-order valence-electron chi connectivity index (χ3n) is 2.86. The molecule has 0 atom stereocenters. The molecule has 98 valence electrons. The molecule has 0 aliphatic rings. The van der Waals surface area contributed by atoms with E-state index in [1.807, 2.05) is 18.2 Å². The van der Waals surface area contributed by atoms with Crippen molar-refractivity contribution >= 4 is 5.78 Å². The summed E-state index contributed by atoms with van der Waals surface area (Å²) in [6.45, 7) is 1.52. The zero-order chi connectivity index (χ0) is 13.8. The van der Waals surface area contributed by atoms with Gasteiger partial charge in [0, 0.05) is 17.8 Å². The summed E-state index contributed by atoms with van der Waals surface area (Å²) in [4.78, 5) is 15.7. The average Bonchev–Trinajstić information content (AvgIpc) is 2.46. The maximum atomic E-state index is 11.6. The van der Waals surface area contributed by atoms with Crippen LogP contribution in [0, 0.1) is 0 Å². The standard InChI is InChI=1S/C15H15NO3/c1-10(17)13-8-11(4-6-14(13)18-2)12-5-7-15(19-3)16-9-12/h4-9H,1-3H3. The van der Waals surface area contributed by atoms with Gasteiger partial charge in [-0.25, -0.2) is 4.98 Å². The van der Waals surface area contributed by atoms with Crippen LogP contribution >= 0.6 is 0 Å². The zero-order valence-corrected chi connectivity index (χ0v) is 11.1. The van der Waals surface area contributed by atoms with Gasteiger partial charge in [0.05, 0.1) is 19.8 Å². The summed E-state index contributed by atoms with van der Waals surface area (Å²) in [7, 11) is 3.12. The SMILES string of the molecule is COc1ccc(-c2ccc(OC)c(C(C)=O)c2)cn1. The Kier molecular flexibility index (Phi) is 3.80. The Hall–Kier alpha value is -2.36. The van der Waals surface area contributed by atoms with Crippen LogP contribution in [0.5, 0.6) is 11.6 Å². The molecule has 2 rings (SSSR count). The molecule has 1 heterocycles. The molecule has 0 aliphatic heterocycles. The quantitative estimate of drug-likeness (QED) is 0.790. The van der Waals surface area contributed by atoms with Crippen molar-refractivity contribution in [2.45, 2.75) is 6.92 Å². The van der Waals surface area contributed by atoms with Crippen molar-refractivity contribution < 1.29 is 14.3 Å². The van der Waals surface area contributed by atoms with Gasteiger partial charge in [0.2, 0.25) is 5.88 Å². The first-order valence-corrected chi connectivity index (χ1v) is 5.85. The number of aromatic nitrogens is 1. The van der Waals surface area contributed by atoms with Crippen LogP contribution in [0.1, 0.15) is 17.3 Å². The Morgan fingerprint density at radius 3 is 2.32 bits per heavy atom. The van der Waals surface area contributed by atoms with E-state index in [4.69, 9.17) is 9.47 Å². The summed E-state index contributed by atoms with van der Waals surface area (Å²) in [5, 5.41) is 0. The number of hydrogen-bond acceptors (Lipinski definition) is 4. The van der Waals surface area contributed by atoms with E-state index in [0.29, 0.717) is 17.2 Å². The van der Waals surface area contributed by atoms with Gasteiger partial charge in [-0.15, -0.1) is 0 Å². The van der Waals surface area contributed by atoms with Crippen LogP contribution < -0.4 is 9.47 Å². The van der Waals surface area contributed by atoms with Crippen molar-refractivity contribution in [1.82, 2.24) is 4.98 Å². The third kappa shape index (κ3) is 2.73. The topological polar surface area (TPSA) is 48.4 Å². The number of methoxy groups -OCH3 is 2. The molecular formula is C15H15NO3. The van der Waals surface area contributed by atoms with Crippen LogP contribution in [0.25, 0.3) is 11.1 Å². The van der Waals surface area contributed by atoms with Crippen molar-refractivity contribution in [2.24, 2.45) is 0 Å². The van der Waals surface area contributed by atoms with Gasteiger partial charge >= 0.3 is 0 Å². The maximum Gasteiger partial charge on any atom is 0.212 e. The Labute approximate surface area is 112 Å². The lowest BCUT2D eigenvalue weighted by Crippen LogP contribution is -1.98. The highest BCUT2D eigenvalue weighted by Crippen LogP contribution is 2.27. The van der Waals surface area contributed by atoms with Gasteiger partial charge < -0.3 is 9.47 Å². The van der Waals surface area contributed by atoms with Gasteiger partial charge in [-0.2, -0.15) is 0 Å². The number of pyridine rings is 1. The van der Waals surface area contributed by atoms with Gasteiger partial charge in [-0.1, -0.05) is 6.07 Å². The van der Waals surface area contributed by atoms with E-state index in [9.17, 15) is 4.79 Å². The van der Waals surface area contributed by atoms with E-state index < -0.39 is 0 Å². The summed E-state index contributed by atoms with van der Waals surface area (Å²) in [6.07, 6.45) is 1.71. The van der Waals surface area contributed by atoms with Crippen LogP contribution in [-0.2, 0) is 0 Å². The van der Waals surface area contributed by atoms with Crippen molar-refractivity contribution in [3.63, 3.8) is 0 Å². The highest BCUT2D eigenvalue weighted by Gasteiger charge is 2.10. The second-order valence-corrected chi connectivity index (χ2v) is 4.06. The fourth-order valence-electron chi connectivity index (χ4n) is 1.83. The minimum atomic E-state index is -0.0276. The van der Waals surface area contributed by atoms with Crippen molar-refractivity contribution in [1.29, 1.82) is 0 Å². The minimum Gasteiger partial charge on any atom is -0.496 e. The van der Waals surface area contributed by atoms with Crippen LogP contribution in [0.3, 0.4) is 0 Å². The van der Waals surface area contributed by atoms with E-state index in [-0.39, 0.29) is 5.78 Å². The van der Waals surface area contributed by atoms with Crippen LogP contribution in [0.15, 0.2) is 36.5 Å². The van der Waals surface area contributed by atoms with Gasteiger partial charge in [-0.3, -0.25) is 4.79 Å². The fourth-order valence-corrected chi connectivity index (χ4v) is 1.83. The summed E-state index contributed by atoms with van der Waals surface area (Å²) in [6, 6.07) is 9.18. The van der Waals surface area contributed by atoms with E-state index in [0.717, 1.165) is 11.1 Å². The first-order valence-electron chi connectivity index (χ1n) is 5.85. The number of ketones is 1. The third-order valence-corrected chi connectivity index (χ3v) is 2.86. The normalized spacial score (nSPS) is 10.1. The zero-order valence-electron chi connectivity index (χ0n) is 11.1. The van der Waals surface area contributed by atoms with Crippen LogP contribution in [0.2, 0.25) is 0 Å². The second-order valence-electron chi connectivity index (χ2n) is 4.06. The highest BCUT2D eigenvalue weighted by atomic mass is 16.5. The lowest BCUT2D eigenvalue weighted by molar-refractivity contribution is 0.101. The number of ether oxygens (including phenoxy) is 2. The molecule has 1 aromatic heterocycles. The fraction of sp³-hybridized carbons (Fsp3) is 0.200. The van der Waals surface area contributed by atoms with Gasteiger partial charge in [0.25, 0.3) is 0 Å². The van der Waals surface area contributed by atoms with Crippen LogP contribution in [0.4, 0.5) is 0 Å². The van der Waals surface area contributed by atoms with E-state index in [1.54, 1.807) is 32.5 Å². The lowest BCUT2D eigenvalue weighted by atomic mass is 10.0. The Bertz CT molecular complexity index is 591. The molecule has 0 bridgehead atoms. The molecule has 2 aromatic rings. The van der Waals surface area contributed by atoms with Crippen molar-refractivity contribution in [3.8, 4) is 22.8 Å². The molecular weight excluding hydrogens is 242 g/mol. The van der Waals surface area contributed by atoms with Crippen LogP contribution in [-0.4, -0.2) is 25.0 Å². The number of hydrogen-bond donors (Lipinski definition) is 0. The molecule has 0 saturated carbocycles. The summed E-state index contributed by atoms with van der Waals surface area (Å²) in [5.74, 6) is 1.11. The van der Waals surface area contributed by atoms with Gasteiger partial charge in [0.15, 0.2) is 5.78 Å². The molecule has 0 spiro atoms. The van der Waals surface area contributed by atoms with Gasteiger partial charge in [0.1, 0.15) is 5.75 Å². The molecule has 0 radical (unpaired) electrons. The largest absolute Gasteiger partial charge is 0.496 e. The first-order chi connectivity index (χ1) is 9.15. The number of Topliss-reactive ketones (excluding diaryl/α,β-unsaturated/α-hetero) is 1. The average molecular weight is 257 g/mol. The molecule has 0 amide bonds. The van der Waals surface area contributed by atoms with E-state index in [1.165, 1.54) is 6.92 Å². The minimum absolute atomic E-state index is 0.0276. The van der Waals surface area contributed by atoms with Crippen molar-refractivity contribution in [3.05, 3.63) is 42.1 Å². The van der Waals surface area contributed by atoms with Crippen molar-refractivity contribution in [2.75, 3.05) is 14.2 Å². The molecule has 19 heavy (non-hydrogen) atoms. The molecule has 0 fully saturated rings.